The molecule has 0 amide bonds. The van der Waals surface area contributed by atoms with Crippen LogP contribution in [0.2, 0.25) is 0 Å². The lowest BCUT2D eigenvalue weighted by Crippen LogP contribution is -2.04. The number of alkyl halides is 3. The van der Waals surface area contributed by atoms with Crippen molar-refractivity contribution in [2.45, 2.75) is 6.18 Å². The van der Waals surface area contributed by atoms with Crippen LogP contribution in [0.25, 0.3) is 11.1 Å². The van der Waals surface area contributed by atoms with E-state index in [9.17, 15) is 28.1 Å². The Morgan fingerprint density at radius 1 is 1.05 bits per heavy atom. The molecule has 1 N–H and O–H groups in total. The Kier molecular flexibility index (Phi) is 3.85. The van der Waals surface area contributed by atoms with E-state index in [1.807, 2.05) is 0 Å². The molecule has 0 bridgehead atoms. The van der Waals surface area contributed by atoms with E-state index in [-0.39, 0.29) is 16.7 Å². The SMILES string of the molecule is O=C(O)c1cc(-c2ccc(C(F)(F)F)cc2)cc([N+](=O)[O-])c1. The largest absolute Gasteiger partial charge is 0.478 e. The van der Waals surface area contributed by atoms with Crippen LogP contribution in [-0.4, -0.2) is 16.0 Å². The van der Waals surface area contributed by atoms with Crippen LogP contribution in [0.4, 0.5) is 18.9 Å². The Labute approximate surface area is 121 Å². The fourth-order valence-electron chi connectivity index (χ4n) is 1.86. The molecule has 0 unspecified atom stereocenters. The van der Waals surface area contributed by atoms with Crippen molar-refractivity contribution in [2.24, 2.45) is 0 Å². The highest BCUT2D eigenvalue weighted by atomic mass is 19.4. The monoisotopic (exact) mass is 311 g/mol. The van der Waals surface area contributed by atoms with E-state index in [2.05, 4.69) is 0 Å². The molecule has 0 aromatic heterocycles. The predicted molar refractivity (Wildman–Crippen MR) is 70.5 cm³/mol. The summed E-state index contributed by atoms with van der Waals surface area (Å²) in [7, 11) is 0. The van der Waals surface area contributed by atoms with Gasteiger partial charge in [-0.15, -0.1) is 0 Å². The molecule has 0 radical (unpaired) electrons. The summed E-state index contributed by atoms with van der Waals surface area (Å²) in [6, 6.07) is 7.08. The van der Waals surface area contributed by atoms with Gasteiger partial charge >= 0.3 is 12.1 Å². The van der Waals surface area contributed by atoms with Crippen LogP contribution in [0.5, 0.6) is 0 Å². The number of carboxylic acid groups (broad SMARTS) is 1. The van der Waals surface area contributed by atoms with E-state index < -0.39 is 28.3 Å². The first-order valence-corrected chi connectivity index (χ1v) is 5.89. The fraction of sp³-hybridized carbons (Fsp3) is 0.0714. The molecule has 0 aliphatic carbocycles. The van der Waals surface area contributed by atoms with Crippen LogP contribution >= 0.6 is 0 Å². The third kappa shape index (κ3) is 3.22. The third-order valence-corrected chi connectivity index (χ3v) is 2.92. The van der Waals surface area contributed by atoms with Gasteiger partial charge in [0.15, 0.2) is 0 Å². The number of halogens is 3. The molecule has 5 nitrogen and oxygen atoms in total. The van der Waals surface area contributed by atoms with Gasteiger partial charge < -0.3 is 5.11 Å². The minimum atomic E-state index is -4.49. The molecule has 0 saturated carbocycles. The van der Waals surface area contributed by atoms with E-state index in [1.54, 1.807) is 0 Å². The van der Waals surface area contributed by atoms with Crippen molar-refractivity contribution >= 4 is 11.7 Å². The first kappa shape index (κ1) is 15.5. The Morgan fingerprint density at radius 3 is 2.09 bits per heavy atom. The molecule has 0 spiro atoms. The quantitative estimate of drug-likeness (QED) is 0.686. The minimum Gasteiger partial charge on any atom is -0.478 e. The number of carboxylic acids is 1. The Hall–Kier alpha value is -2.90. The summed E-state index contributed by atoms with van der Waals surface area (Å²) < 4.78 is 37.5. The highest BCUT2D eigenvalue weighted by molar-refractivity contribution is 5.90. The van der Waals surface area contributed by atoms with Crippen LogP contribution in [0, 0.1) is 10.1 Å². The number of hydrogen-bond acceptors (Lipinski definition) is 3. The zero-order valence-corrected chi connectivity index (χ0v) is 10.8. The first-order valence-electron chi connectivity index (χ1n) is 5.89. The molecule has 0 aliphatic heterocycles. The van der Waals surface area contributed by atoms with Crippen LogP contribution in [0.3, 0.4) is 0 Å². The predicted octanol–water partition coefficient (Wildman–Crippen LogP) is 3.98. The van der Waals surface area contributed by atoms with E-state index in [4.69, 9.17) is 5.11 Å². The number of nitro benzene ring substituents is 1. The van der Waals surface area contributed by atoms with Gasteiger partial charge in [-0.3, -0.25) is 10.1 Å². The summed E-state index contributed by atoms with van der Waals surface area (Å²) in [5.74, 6) is -1.36. The van der Waals surface area contributed by atoms with Crippen molar-refractivity contribution in [2.75, 3.05) is 0 Å². The van der Waals surface area contributed by atoms with Gasteiger partial charge in [0.1, 0.15) is 0 Å². The second-order valence-electron chi connectivity index (χ2n) is 4.41. The summed E-state index contributed by atoms with van der Waals surface area (Å²) in [5.41, 5.74) is -1.22. The molecule has 0 saturated heterocycles. The molecule has 114 valence electrons. The van der Waals surface area contributed by atoms with Crippen LogP contribution in [0.15, 0.2) is 42.5 Å². The van der Waals surface area contributed by atoms with E-state index in [0.717, 1.165) is 42.5 Å². The molecule has 2 aromatic carbocycles. The zero-order valence-electron chi connectivity index (χ0n) is 10.8. The van der Waals surface area contributed by atoms with E-state index in [1.165, 1.54) is 0 Å². The summed E-state index contributed by atoms with van der Waals surface area (Å²) >= 11 is 0. The number of carbonyl (C=O) groups is 1. The lowest BCUT2D eigenvalue weighted by molar-refractivity contribution is -0.384. The summed E-state index contributed by atoms with van der Waals surface area (Å²) in [4.78, 5) is 21.0. The van der Waals surface area contributed by atoms with Gasteiger partial charge in [0.2, 0.25) is 0 Å². The van der Waals surface area contributed by atoms with Crippen LogP contribution in [-0.2, 0) is 6.18 Å². The minimum absolute atomic E-state index is 0.153. The van der Waals surface area contributed by atoms with Gasteiger partial charge in [0.25, 0.3) is 5.69 Å². The number of nitrogens with zero attached hydrogens (tertiary/aromatic N) is 1. The summed E-state index contributed by atoms with van der Waals surface area (Å²) in [5, 5.41) is 19.8. The second kappa shape index (κ2) is 5.47. The zero-order chi connectivity index (χ0) is 16.5. The van der Waals surface area contributed by atoms with Gasteiger partial charge in [-0.25, -0.2) is 4.79 Å². The van der Waals surface area contributed by atoms with Gasteiger partial charge in [-0.1, -0.05) is 12.1 Å². The van der Waals surface area contributed by atoms with Crippen molar-refractivity contribution in [3.05, 3.63) is 63.7 Å². The second-order valence-corrected chi connectivity index (χ2v) is 4.41. The lowest BCUT2D eigenvalue weighted by Gasteiger charge is -2.08. The van der Waals surface area contributed by atoms with Crippen LogP contribution in [0.1, 0.15) is 15.9 Å². The summed E-state index contributed by atoms with van der Waals surface area (Å²) in [6.07, 6.45) is -4.49. The van der Waals surface area contributed by atoms with Gasteiger partial charge in [-0.05, 0) is 29.3 Å². The molecule has 2 rings (SSSR count). The number of benzene rings is 2. The fourth-order valence-corrected chi connectivity index (χ4v) is 1.86. The van der Waals surface area contributed by atoms with E-state index >= 15 is 0 Å². The Balaban J connectivity index is 2.52. The standard InChI is InChI=1S/C14H8F3NO4/c15-14(16,17)11-3-1-8(2-4-11)9-5-10(13(19)20)7-12(6-9)18(21)22/h1-7H,(H,19,20). The molecule has 0 fully saturated rings. The lowest BCUT2D eigenvalue weighted by atomic mass is 10.0. The van der Waals surface area contributed by atoms with Crippen LogP contribution < -0.4 is 0 Å². The van der Waals surface area contributed by atoms with Crippen molar-refractivity contribution in [1.82, 2.24) is 0 Å². The number of hydrogen-bond donors (Lipinski definition) is 1. The molecule has 0 aliphatic rings. The van der Waals surface area contributed by atoms with Crippen molar-refractivity contribution in [3.63, 3.8) is 0 Å². The first-order chi connectivity index (χ1) is 10.2. The maximum atomic E-state index is 12.5. The van der Waals surface area contributed by atoms with Gasteiger partial charge in [0, 0.05) is 12.1 Å². The molecule has 2 aromatic rings. The van der Waals surface area contributed by atoms with E-state index in [0.29, 0.717) is 0 Å². The number of rotatable bonds is 3. The topological polar surface area (TPSA) is 80.4 Å². The van der Waals surface area contributed by atoms with Gasteiger partial charge in [-0.2, -0.15) is 13.2 Å². The highest BCUT2D eigenvalue weighted by Crippen LogP contribution is 2.32. The smallest absolute Gasteiger partial charge is 0.416 e. The van der Waals surface area contributed by atoms with Gasteiger partial charge in [0.05, 0.1) is 16.1 Å². The van der Waals surface area contributed by atoms with Crippen molar-refractivity contribution in [3.8, 4) is 11.1 Å². The Morgan fingerprint density at radius 2 is 1.64 bits per heavy atom. The molecule has 0 atom stereocenters. The number of non-ortho nitro benzene ring substituents is 1. The van der Waals surface area contributed by atoms with Crippen molar-refractivity contribution in [1.29, 1.82) is 0 Å². The highest BCUT2D eigenvalue weighted by Gasteiger charge is 2.30. The maximum Gasteiger partial charge on any atom is 0.416 e. The summed E-state index contributed by atoms with van der Waals surface area (Å²) in [6.45, 7) is 0. The number of nitro groups is 1. The average Bonchev–Trinajstić information content (AvgIpc) is 2.46. The molecular formula is C14H8F3NO4. The molecular weight excluding hydrogens is 303 g/mol. The number of aromatic carboxylic acids is 1. The molecule has 0 heterocycles. The maximum absolute atomic E-state index is 12.5. The normalized spacial score (nSPS) is 11.2. The molecule has 8 heteroatoms. The van der Waals surface area contributed by atoms with Crippen molar-refractivity contribution < 1.29 is 28.0 Å². The average molecular weight is 311 g/mol. The third-order valence-electron chi connectivity index (χ3n) is 2.92. The molecule has 22 heavy (non-hydrogen) atoms. The Bertz CT molecular complexity index is 706.